The van der Waals surface area contributed by atoms with Crippen molar-refractivity contribution in [2.75, 3.05) is 0 Å². The van der Waals surface area contributed by atoms with Crippen LogP contribution in [-0.4, -0.2) is 10.1 Å². The molecular formula is C17H21NO2. The minimum Gasteiger partial charge on any atom is -0.455 e. The van der Waals surface area contributed by atoms with Gasteiger partial charge in [0.2, 0.25) is 0 Å². The topological polar surface area (TPSA) is 42.4 Å². The molecule has 3 heteroatoms. The van der Waals surface area contributed by atoms with Gasteiger partial charge in [-0.25, -0.2) is 0 Å². The van der Waals surface area contributed by atoms with Crippen molar-refractivity contribution >= 4 is 0 Å². The Morgan fingerprint density at radius 3 is 2.40 bits per heavy atom. The van der Waals surface area contributed by atoms with Gasteiger partial charge in [0.25, 0.3) is 0 Å². The molecule has 1 heterocycles. The molecule has 1 atom stereocenters. The van der Waals surface area contributed by atoms with Gasteiger partial charge >= 0.3 is 0 Å². The van der Waals surface area contributed by atoms with Gasteiger partial charge in [0.15, 0.2) is 0 Å². The minimum absolute atomic E-state index is 0.466. The fraction of sp³-hybridized carbons (Fsp3) is 0.353. The highest BCUT2D eigenvalue weighted by molar-refractivity contribution is 5.40. The Balaban J connectivity index is 2.23. The van der Waals surface area contributed by atoms with E-state index in [0.717, 1.165) is 11.3 Å². The summed E-state index contributed by atoms with van der Waals surface area (Å²) in [5, 5.41) is 9.44. The summed E-state index contributed by atoms with van der Waals surface area (Å²) >= 11 is 0. The Morgan fingerprint density at radius 2 is 1.85 bits per heavy atom. The number of pyridine rings is 1. The minimum atomic E-state index is -0.560. The molecule has 0 bridgehead atoms. The van der Waals surface area contributed by atoms with Gasteiger partial charge in [-0.1, -0.05) is 26.0 Å². The zero-order valence-corrected chi connectivity index (χ0v) is 12.4. The number of nitrogens with zero attached hydrogens (tertiary/aromatic N) is 1. The van der Waals surface area contributed by atoms with E-state index in [0.29, 0.717) is 17.4 Å². The Kier molecular flexibility index (Phi) is 4.40. The Labute approximate surface area is 120 Å². The van der Waals surface area contributed by atoms with Crippen molar-refractivity contribution in [3.8, 4) is 11.5 Å². The number of rotatable bonds is 4. The summed E-state index contributed by atoms with van der Waals surface area (Å²) in [6, 6.07) is 9.88. The summed E-state index contributed by atoms with van der Waals surface area (Å²) in [7, 11) is 0. The van der Waals surface area contributed by atoms with Crippen LogP contribution in [0.25, 0.3) is 0 Å². The lowest BCUT2D eigenvalue weighted by atomic mass is 10.0. The Hall–Kier alpha value is -1.87. The van der Waals surface area contributed by atoms with E-state index in [1.807, 2.05) is 13.0 Å². The van der Waals surface area contributed by atoms with Crippen molar-refractivity contribution in [3.05, 3.63) is 53.3 Å². The normalized spacial score (nSPS) is 12.5. The summed E-state index contributed by atoms with van der Waals surface area (Å²) in [6.45, 7) is 8.04. The average Bonchev–Trinajstić information content (AvgIpc) is 2.41. The smallest absolute Gasteiger partial charge is 0.145 e. The van der Waals surface area contributed by atoms with E-state index >= 15 is 0 Å². The summed E-state index contributed by atoms with van der Waals surface area (Å²) in [6.07, 6.45) is 1.08. The molecule has 0 aliphatic carbocycles. The number of aryl methyl sites for hydroxylation is 1. The van der Waals surface area contributed by atoms with E-state index in [9.17, 15) is 5.11 Å². The third-order valence-corrected chi connectivity index (χ3v) is 3.29. The van der Waals surface area contributed by atoms with Crippen LogP contribution in [0.3, 0.4) is 0 Å². The molecule has 0 saturated carbocycles. The average molecular weight is 271 g/mol. The molecule has 1 aromatic carbocycles. The fourth-order valence-electron chi connectivity index (χ4n) is 1.91. The van der Waals surface area contributed by atoms with Gasteiger partial charge in [-0.05, 0) is 49.1 Å². The molecule has 0 aliphatic rings. The van der Waals surface area contributed by atoms with E-state index in [4.69, 9.17) is 4.74 Å². The van der Waals surface area contributed by atoms with Crippen molar-refractivity contribution in [1.29, 1.82) is 0 Å². The molecule has 106 valence electrons. The first kappa shape index (κ1) is 14.5. The zero-order chi connectivity index (χ0) is 14.7. The van der Waals surface area contributed by atoms with Crippen molar-refractivity contribution in [1.82, 2.24) is 4.98 Å². The number of ether oxygens (including phenoxy) is 1. The van der Waals surface area contributed by atoms with Crippen LogP contribution in [0.15, 0.2) is 36.5 Å². The molecule has 0 spiro atoms. The molecule has 1 aromatic heterocycles. The van der Waals surface area contributed by atoms with Gasteiger partial charge in [-0.3, -0.25) is 4.98 Å². The summed E-state index contributed by atoms with van der Waals surface area (Å²) in [5.74, 6) is 2.00. The van der Waals surface area contributed by atoms with Crippen LogP contribution < -0.4 is 4.74 Å². The number of hydrogen-bond acceptors (Lipinski definition) is 3. The van der Waals surface area contributed by atoms with Gasteiger partial charge in [0, 0.05) is 0 Å². The molecule has 1 unspecified atom stereocenters. The maximum atomic E-state index is 9.44. The quantitative estimate of drug-likeness (QED) is 0.898. The fourth-order valence-corrected chi connectivity index (χ4v) is 1.91. The molecule has 1 N–H and O–H groups in total. The van der Waals surface area contributed by atoms with Gasteiger partial charge in [-0.2, -0.15) is 0 Å². The largest absolute Gasteiger partial charge is 0.455 e. The Bertz CT molecular complexity index is 574. The van der Waals surface area contributed by atoms with Crippen molar-refractivity contribution in [2.45, 2.75) is 39.7 Å². The van der Waals surface area contributed by atoms with Crippen LogP contribution >= 0.6 is 0 Å². The molecule has 0 fully saturated rings. The number of hydrogen-bond donors (Lipinski definition) is 1. The van der Waals surface area contributed by atoms with Crippen molar-refractivity contribution in [2.24, 2.45) is 0 Å². The van der Waals surface area contributed by atoms with E-state index in [1.165, 1.54) is 5.56 Å². The van der Waals surface area contributed by atoms with E-state index in [2.05, 4.69) is 37.0 Å². The lowest BCUT2D eigenvalue weighted by Gasteiger charge is -2.13. The number of benzene rings is 1. The van der Waals surface area contributed by atoms with Crippen LogP contribution in [0.2, 0.25) is 0 Å². The molecule has 2 rings (SSSR count). The first-order chi connectivity index (χ1) is 9.47. The van der Waals surface area contributed by atoms with Crippen LogP contribution in [-0.2, 0) is 0 Å². The molecule has 0 radical (unpaired) electrons. The maximum Gasteiger partial charge on any atom is 0.145 e. The number of aromatic nitrogens is 1. The molecule has 2 aromatic rings. The van der Waals surface area contributed by atoms with Gasteiger partial charge in [-0.15, -0.1) is 0 Å². The first-order valence-electron chi connectivity index (χ1n) is 6.90. The number of aliphatic hydroxyl groups excluding tert-OH is 1. The maximum absolute atomic E-state index is 9.44. The van der Waals surface area contributed by atoms with E-state index in [-0.39, 0.29) is 0 Å². The van der Waals surface area contributed by atoms with Crippen LogP contribution in [0.4, 0.5) is 0 Å². The van der Waals surface area contributed by atoms with Gasteiger partial charge in [0.1, 0.15) is 11.5 Å². The zero-order valence-electron chi connectivity index (χ0n) is 12.4. The first-order valence-corrected chi connectivity index (χ1v) is 6.90. The Morgan fingerprint density at radius 1 is 1.10 bits per heavy atom. The molecule has 0 amide bonds. The van der Waals surface area contributed by atoms with Gasteiger partial charge in [0.05, 0.1) is 18.0 Å². The van der Waals surface area contributed by atoms with Crippen molar-refractivity contribution in [3.63, 3.8) is 0 Å². The lowest BCUT2D eigenvalue weighted by molar-refractivity contribution is 0.194. The van der Waals surface area contributed by atoms with Crippen molar-refractivity contribution < 1.29 is 9.84 Å². The highest BCUT2D eigenvalue weighted by Crippen LogP contribution is 2.28. The lowest BCUT2D eigenvalue weighted by Crippen LogP contribution is -1.96. The van der Waals surface area contributed by atoms with Crippen LogP contribution in [0, 0.1) is 6.92 Å². The molecule has 0 saturated heterocycles. The summed E-state index contributed by atoms with van der Waals surface area (Å²) in [5.41, 5.74) is 2.98. The summed E-state index contributed by atoms with van der Waals surface area (Å²) in [4.78, 5) is 4.19. The molecule has 20 heavy (non-hydrogen) atoms. The standard InChI is InChI=1S/C17H21NO2/c1-11(2)14-6-5-12(3)17(9-14)20-15-7-8-16(13(4)19)18-10-15/h5-11,13,19H,1-4H3. The monoisotopic (exact) mass is 271 g/mol. The molecular weight excluding hydrogens is 250 g/mol. The van der Waals surface area contributed by atoms with E-state index in [1.54, 1.807) is 19.2 Å². The predicted molar refractivity (Wildman–Crippen MR) is 80.2 cm³/mol. The second kappa shape index (κ2) is 6.06. The number of aliphatic hydroxyl groups is 1. The highest BCUT2D eigenvalue weighted by Gasteiger charge is 2.07. The van der Waals surface area contributed by atoms with E-state index < -0.39 is 6.10 Å². The third kappa shape index (κ3) is 3.36. The summed E-state index contributed by atoms with van der Waals surface area (Å²) < 4.78 is 5.89. The second-order valence-corrected chi connectivity index (χ2v) is 5.38. The van der Waals surface area contributed by atoms with Crippen LogP contribution in [0.5, 0.6) is 11.5 Å². The second-order valence-electron chi connectivity index (χ2n) is 5.38. The molecule has 3 nitrogen and oxygen atoms in total. The predicted octanol–water partition coefficient (Wildman–Crippen LogP) is 4.36. The SMILES string of the molecule is Cc1ccc(C(C)C)cc1Oc1ccc(C(C)O)nc1. The van der Waals surface area contributed by atoms with Gasteiger partial charge < -0.3 is 9.84 Å². The van der Waals surface area contributed by atoms with Crippen LogP contribution in [0.1, 0.15) is 49.6 Å². The highest BCUT2D eigenvalue weighted by atomic mass is 16.5. The molecule has 0 aliphatic heterocycles. The third-order valence-electron chi connectivity index (χ3n) is 3.29.